The molecule has 320 valence electrons. The maximum absolute atomic E-state index is 12.5. The second-order valence-electron chi connectivity index (χ2n) is 16.7. The molecule has 2 aliphatic rings. The van der Waals surface area contributed by atoms with Crippen LogP contribution < -0.4 is 0 Å². The molecule has 2 heterocycles. The number of unbranched alkanes of at least 4 members (excludes halogenated alkanes) is 12. The molecule has 2 aromatic carbocycles. The fourth-order valence-electron chi connectivity index (χ4n) is 8.14. The van der Waals surface area contributed by atoms with Crippen LogP contribution in [-0.2, 0) is 27.2 Å². The summed E-state index contributed by atoms with van der Waals surface area (Å²) < 4.78 is 6.61. The van der Waals surface area contributed by atoms with Crippen molar-refractivity contribution < 1.29 is 24.5 Å². The summed E-state index contributed by atoms with van der Waals surface area (Å²) in [7, 11) is 3.74. The van der Waals surface area contributed by atoms with Crippen LogP contribution in [0.4, 0.5) is 0 Å². The Morgan fingerprint density at radius 3 is 1.26 bits per heavy atom. The van der Waals surface area contributed by atoms with E-state index in [0.29, 0.717) is 25.0 Å². The number of amides is 2. The molecule has 0 atom stereocenters. The van der Waals surface area contributed by atoms with Gasteiger partial charge in [0.2, 0.25) is 11.8 Å². The van der Waals surface area contributed by atoms with Crippen molar-refractivity contribution in [2.24, 2.45) is 0 Å². The van der Waals surface area contributed by atoms with Gasteiger partial charge in [0, 0.05) is 53.4 Å². The number of hydrogen-bond donors (Lipinski definition) is 2. The summed E-state index contributed by atoms with van der Waals surface area (Å²) in [6.07, 6.45) is 23.3. The lowest BCUT2D eigenvalue weighted by Crippen LogP contribution is -2.42. The lowest BCUT2D eigenvalue weighted by Gasteiger charge is -2.37. The van der Waals surface area contributed by atoms with Gasteiger partial charge in [0.1, 0.15) is 11.5 Å². The van der Waals surface area contributed by atoms with Crippen molar-refractivity contribution in [3.05, 3.63) is 57.6 Å². The maximum Gasteiger partial charge on any atom is 0.226 e. The quantitative estimate of drug-likeness (QED) is 0.0913. The van der Waals surface area contributed by atoms with Crippen LogP contribution in [0.2, 0.25) is 10.0 Å². The van der Waals surface area contributed by atoms with Crippen molar-refractivity contribution in [3.8, 4) is 11.5 Å². The second kappa shape index (κ2) is 26.5. The molecule has 0 aromatic heterocycles. The molecular formula is C46H72Cl2N4O5. The van der Waals surface area contributed by atoms with Crippen LogP contribution in [0.3, 0.4) is 0 Å². The summed E-state index contributed by atoms with van der Waals surface area (Å²) in [5.74, 6) is 0.255. The molecule has 4 rings (SSSR count). The van der Waals surface area contributed by atoms with Crippen LogP contribution in [0.5, 0.6) is 11.5 Å². The number of aromatic hydroxyl groups is 2. The Morgan fingerprint density at radius 2 is 0.912 bits per heavy atom. The first-order valence-electron chi connectivity index (χ1n) is 22.1. The predicted octanol–water partition coefficient (Wildman–Crippen LogP) is 9.51. The molecule has 2 saturated heterocycles. The summed E-state index contributed by atoms with van der Waals surface area (Å²) in [6.45, 7) is 8.67. The van der Waals surface area contributed by atoms with E-state index in [2.05, 4.69) is 9.80 Å². The number of benzene rings is 2. The van der Waals surface area contributed by atoms with Crippen LogP contribution in [-0.4, -0.2) is 120 Å². The monoisotopic (exact) mass is 830 g/mol. The first-order chi connectivity index (χ1) is 27.6. The van der Waals surface area contributed by atoms with Gasteiger partial charge >= 0.3 is 0 Å². The molecule has 2 N–H and O–H groups in total. The Balaban J connectivity index is 0.892. The zero-order valence-corrected chi connectivity index (χ0v) is 36.6. The average molecular weight is 832 g/mol. The number of ether oxygens (including phenoxy) is 1. The molecule has 0 bridgehead atoms. The highest BCUT2D eigenvalue weighted by atomic mass is 35.5. The smallest absolute Gasteiger partial charge is 0.226 e. The van der Waals surface area contributed by atoms with Gasteiger partial charge in [0.25, 0.3) is 0 Å². The average Bonchev–Trinajstić information content (AvgIpc) is 3.20. The van der Waals surface area contributed by atoms with Gasteiger partial charge in [-0.2, -0.15) is 0 Å². The van der Waals surface area contributed by atoms with Gasteiger partial charge in [-0.05, 0) is 99.8 Å². The minimum absolute atomic E-state index is 0.0439. The summed E-state index contributed by atoms with van der Waals surface area (Å²) in [5.41, 5.74) is 1.65. The molecule has 0 spiro atoms. The number of hydrogen-bond acceptors (Lipinski definition) is 7. The minimum atomic E-state index is 0.0439. The lowest BCUT2D eigenvalue weighted by molar-refractivity contribution is -0.130. The highest BCUT2D eigenvalue weighted by molar-refractivity contribution is 6.32. The normalized spacial score (nSPS) is 15.9. The van der Waals surface area contributed by atoms with E-state index < -0.39 is 0 Å². The highest BCUT2D eigenvalue weighted by Crippen LogP contribution is 2.26. The lowest BCUT2D eigenvalue weighted by atomic mass is 10.0. The molecule has 11 heteroatoms. The predicted molar refractivity (Wildman–Crippen MR) is 234 cm³/mol. The molecule has 9 nitrogen and oxygen atoms in total. The molecule has 0 radical (unpaired) electrons. The number of halogens is 2. The van der Waals surface area contributed by atoms with E-state index in [9.17, 15) is 19.8 Å². The van der Waals surface area contributed by atoms with E-state index in [1.807, 2.05) is 23.9 Å². The van der Waals surface area contributed by atoms with Crippen LogP contribution in [0.25, 0.3) is 0 Å². The number of piperidine rings is 2. The third kappa shape index (κ3) is 18.5. The SMILES string of the molecule is CN(CCCCCCCCCN1CCC(OC2CCN(CCCCCCCCCN(C)C(=O)Cc3ccc(O)c(Cl)c3)CC2)CC1)C(=O)Cc1ccc(O)c(Cl)c1. The molecule has 0 saturated carbocycles. The van der Waals surface area contributed by atoms with Crippen LogP contribution in [0.15, 0.2) is 36.4 Å². The maximum atomic E-state index is 12.5. The Bertz CT molecular complexity index is 1360. The number of carbonyl (C=O) groups excluding carboxylic acids is 2. The van der Waals surface area contributed by atoms with Crippen molar-refractivity contribution in [3.63, 3.8) is 0 Å². The largest absolute Gasteiger partial charge is 0.506 e. The van der Waals surface area contributed by atoms with E-state index in [1.165, 1.54) is 129 Å². The van der Waals surface area contributed by atoms with E-state index in [-0.39, 0.29) is 33.4 Å². The van der Waals surface area contributed by atoms with Crippen LogP contribution in [0, 0.1) is 0 Å². The van der Waals surface area contributed by atoms with E-state index >= 15 is 0 Å². The third-order valence-corrected chi connectivity index (χ3v) is 12.6. The minimum Gasteiger partial charge on any atom is -0.506 e. The summed E-state index contributed by atoms with van der Waals surface area (Å²) in [5, 5.41) is 19.7. The number of carbonyl (C=O) groups is 2. The van der Waals surface area contributed by atoms with Crippen molar-refractivity contribution in [1.82, 2.24) is 19.6 Å². The van der Waals surface area contributed by atoms with Crippen LogP contribution in [0.1, 0.15) is 127 Å². The number of rotatable bonds is 26. The first kappa shape index (κ1) is 47.1. The molecule has 2 fully saturated rings. The van der Waals surface area contributed by atoms with Crippen molar-refractivity contribution in [2.75, 3.05) is 66.5 Å². The molecule has 57 heavy (non-hydrogen) atoms. The van der Waals surface area contributed by atoms with Gasteiger partial charge in [-0.1, -0.05) is 99.5 Å². The topological polar surface area (TPSA) is 96.8 Å². The van der Waals surface area contributed by atoms with Crippen LogP contribution >= 0.6 is 23.2 Å². The summed E-state index contributed by atoms with van der Waals surface area (Å²) >= 11 is 11.9. The van der Waals surface area contributed by atoms with E-state index in [4.69, 9.17) is 27.9 Å². The van der Waals surface area contributed by atoms with Crippen molar-refractivity contribution >= 4 is 35.0 Å². The van der Waals surface area contributed by atoms with E-state index in [1.54, 1.807) is 36.4 Å². The third-order valence-electron chi connectivity index (χ3n) is 12.0. The van der Waals surface area contributed by atoms with Crippen molar-refractivity contribution in [1.29, 1.82) is 0 Å². The fraction of sp³-hybridized carbons (Fsp3) is 0.696. The molecule has 0 aliphatic carbocycles. The van der Waals surface area contributed by atoms with Gasteiger partial charge in [-0.3, -0.25) is 9.59 Å². The fourth-order valence-corrected chi connectivity index (χ4v) is 8.54. The standard InChI is InChI=1S/C46H72Cl2N4O5/c1-49(45(55)35-37-17-19-43(53)41(47)33-37)25-13-9-5-3-7-11-15-27-51-29-21-39(22-30-51)57-40-23-31-52(32-24-40)28-16-12-8-4-6-10-14-26-50(2)46(56)36-38-18-20-44(54)42(48)34-38/h17-20,33-34,39-40,53-54H,3-16,21-32,35-36H2,1-2H3. The summed E-state index contributed by atoms with van der Waals surface area (Å²) in [4.78, 5) is 33.9. The number of nitrogens with zero attached hydrogens (tertiary/aromatic N) is 4. The number of likely N-dealkylation sites (N-methyl/N-ethyl adjacent to an activating group) is 2. The Morgan fingerprint density at radius 1 is 0.579 bits per heavy atom. The van der Waals surface area contributed by atoms with Gasteiger partial charge in [-0.25, -0.2) is 0 Å². The second-order valence-corrected chi connectivity index (χ2v) is 17.5. The Kier molecular flexibility index (Phi) is 21.9. The van der Waals surface area contributed by atoms with Gasteiger partial charge < -0.3 is 34.5 Å². The Labute approximate surface area is 354 Å². The molecule has 0 unspecified atom stereocenters. The van der Waals surface area contributed by atoms with Crippen molar-refractivity contribution in [2.45, 2.75) is 141 Å². The van der Waals surface area contributed by atoms with Gasteiger partial charge in [0.15, 0.2) is 0 Å². The number of likely N-dealkylation sites (tertiary alicyclic amines) is 2. The number of phenolic OH excluding ortho intramolecular Hbond substituents is 2. The zero-order valence-electron chi connectivity index (χ0n) is 35.1. The molecule has 2 amide bonds. The molecule has 2 aromatic rings. The molecule has 2 aliphatic heterocycles. The molecular weight excluding hydrogens is 759 g/mol. The highest BCUT2D eigenvalue weighted by Gasteiger charge is 2.25. The van der Waals surface area contributed by atoms with E-state index in [0.717, 1.165) is 49.9 Å². The summed E-state index contributed by atoms with van der Waals surface area (Å²) in [6, 6.07) is 9.91. The number of phenols is 2. The zero-order chi connectivity index (χ0) is 40.8. The Hall–Kier alpha value is -2.56. The van der Waals surface area contributed by atoms with Gasteiger partial charge in [-0.15, -0.1) is 0 Å². The van der Waals surface area contributed by atoms with Gasteiger partial charge in [0.05, 0.1) is 35.1 Å². The first-order valence-corrected chi connectivity index (χ1v) is 22.9.